The van der Waals surface area contributed by atoms with Crippen molar-refractivity contribution in [2.24, 2.45) is 11.8 Å². The van der Waals surface area contributed by atoms with Crippen molar-refractivity contribution in [1.82, 2.24) is 0 Å². The fourth-order valence-electron chi connectivity index (χ4n) is 5.07. The Bertz CT molecular complexity index is 567. The minimum Gasteiger partial charge on any atom is -0.494 e. The lowest BCUT2D eigenvalue weighted by molar-refractivity contribution is -0.0459. The van der Waals surface area contributed by atoms with Gasteiger partial charge in [-0.3, -0.25) is 0 Å². The summed E-state index contributed by atoms with van der Waals surface area (Å²) in [6, 6.07) is 7.17. The van der Waals surface area contributed by atoms with E-state index in [1.165, 1.54) is 62.6 Å². The van der Waals surface area contributed by atoms with Crippen LogP contribution in [0.2, 0.25) is 0 Å². The maximum absolute atomic E-state index is 6.31. The van der Waals surface area contributed by atoms with Gasteiger partial charge in [-0.1, -0.05) is 32.6 Å². The predicted octanol–water partition coefficient (Wildman–Crippen LogP) is 5.71. The third-order valence-electron chi connectivity index (χ3n) is 6.41. The zero-order chi connectivity index (χ0) is 17.1. The van der Waals surface area contributed by atoms with Gasteiger partial charge in [-0.05, 0) is 56.2 Å². The van der Waals surface area contributed by atoms with Crippen molar-refractivity contribution in [3.8, 4) is 5.75 Å². The van der Waals surface area contributed by atoms with Crippen LogP contribution < -0.4 is 10.1 Å². The van der Waals surface area contributed by atoms with Gasteiger partial charge in [0.05, 0.1) is 12.7 Å². The van der Waals surface area contributed by atoms with E-state index in [-0.39, 0.29) is 6.10 Å². The van der Waals surface area contributed by atoms with Gasteiger partial charge < -0.3 is 14.8 Å². The van der Waals surface area contributed by atoms with Gasteiger partial charge in [-0.2, -0.15) is 0 Å². The fraction of sp³-hybridized carbons (Fsp3) is 0.727. The highest BCUT2D eigenvalue weighted by molar-refractivity contribution is 5.58. The number of anilines is 1. The highest BCUT2D eigenvalue weighted by Gasteiger charge is 2.42. The molecule has 25 heavy (non-hydrogen) atoms. The number of benzene rings is 1. The summed E-state index contributed by atoms with van der Waals surface area (Å²) in [4.78, 5) is 0. The van der Waals surface area contributed by atoms with E-state index in [4.69, 9.17) is 9.47 Å². The SMILES string of the molecule is CCCCOc1ccc2c(c1)[C@H]1OCCC[C@H]1[C@@H](C1CCCCC1)N2. The zero-order valence-corrected chi connectivity index (χ0v) is 15.6. The Morgan fingerprint density at radius 2 is 2.00 bits per heavy atom. The first-order valence-corrected chi connectivity index (χ1v) is 10.5. The number of unbranched alkanes of at least 4 members (excludes halogenated alkanes) is 1. The topological polar surface area (TPSA) is 30.5 Å². The second-order valence-corrected chi connectivity index (χ2v) is 8.12. The van der Waals surface area contributed by atoms with Crippen LogP contribution in [0, 0.1) is 11.8 Å². The van der Waals surface area contributed by atoms with Crippen LogP contribution in [0.15, 0.2) is 18.2 Å². The molecule has 3 aliphatic rings. The smallest absolute Gasteiger partial charge is 0.119 e. The molecule has 1 aliphatic carbocycles. The molecule has 0 unspecified atom stereocenters. The van der Waals surface area contributed by atoms with Gasteiger partial charge in [-0.15, -0.1) is 0 Å². The van der Waals surface area contributed by atoms with Gasteiger partial charge in [-0.25, -0.2) is 0 Å². The molecule has 138 valence electrons. The van der Waals surface area contributed by atoms with E-state index in [0.29, 0.717) is 12.0 Å². The summed E-state index contributed by atoms with van der Waals surface area (Å²) >= 11 is 0. The molecule has 3 nitrogen and oxygen atoms in total. The van der Waals surface area contributed by atoms with Gasteiger partial charge in [0.25, 0.3) is 0 Å². The minimum atomic E-state index is 0.256. The minimum absolute atomic E-state index is 0.256. The van der Waals surface area contributed by atoms with Gasteiger partial charge >= 0.3 is 0 Å². The molecule has 1 aromatic carbocycles. The molecule has 0 bridgehead atoms. The lowest BCUT2D eigenvalue weighted by atomic mass is 9.71. The number of fused-ring (bicyclic) bond motifs is 3. The molecule has 1 aromatic rings. The second-order valence-electron chi connectivity index (χ2n) is 8.12. The standard InChI is InChI=1S/C22H33NO2/c1-2-3-13-24-17-11-12-20-19(15-17)22-18(10-7-14-25-22)21(23-20)16-8-5-4-6-9-16/h11-12,15-16,18,21-23H,2-10,13-14H2,1H3/t18-,21+,22-/m0/s1. The Hall–Kier alpha value is -1.22. The Morgan fingerprint density at radius 3 is 2.84 bits per heavy atom. The van der Waals surface area contributed by atoms with E-state index in [0.717, 1.165) is 31.3 Å². The molecular formula is C22H33NO2. The van der Waals surface area contributed by atoms with Crippen molar-refractivity contribution < 1.29 is 9.47 Å². The summed E-state index contributed by atoms with van der Waals surface area (Å²) in [6.07, 6.45) is 12.0. The Labute approximate surface area is 152 Å². The molecule has 2 heterocycles. The molecular weight excluding hydrogens is 310 g/mol. The molecule has 0 radical (unpaired) electrons. The molecule has 2 fully saturated rings. The molecule has 4 rings (SSSR count). The average Bonchev–Trinajstić information content (AvgIpc) is 2.68. The number of nitrogens with one attached hydrogen (secondary N) is 1. The van der Waals surface area contributed by atoms with Crippen LogP contribution in [0.25, 0.3) is 0 Å². The van der Waals surface area contributed by atoms with E-state index in [2.05, 4.69) is 30.4 Å². The molecule has 1 N–H and O–H groups in total. The highest BCUT2D eigenvalue weighted by Crippen LogP contribution is 2.48. The molecule has 1 saturated heterocycles. The van der Waals surface area contributed by atoms with Crippen LogP contribution >= 0.6 is 0 Å². The van der Waals surface area contributed by atoms with Crippen LogP contribution in [0.5, 0.6) is 5.75 Å². The maximum atomic E-state index is 6.31. The Balaban J connectivity index is 1.57. The second kappa shape index (κ2) is 7.99. The van der Waals surface area contributed by atoms with Crippen LogP contribution in [-0.2, 0) is 4.74 Å². The summed E-state index contributed by atoms with van der Waals surface area (Å²) in [5.41, 5.74) is 2.60. The fourth-order valence-corrected chi connectivity index (χ4v) is 5.07. The van der Waals surface area contributed by atoms with E-state index in [9.17, 15) is 0 Å². The number of hydrogen-bond donors (Lipinski definition) is 1. The molecule has 0 amide bonds. The van der Waals surface area contributed by atoms with Crippen LogP contribution in [0.1, 0.15) is 76.4 Å². The maximum Gasteiger partial charge on any atom is 0.119 e. The van der Waals surface area contributed by atoms with Crippen molar-refractivity contribution in [1.29, 1.82) is 0 Å². The Kier molecular flexibility index (Phi) is 5.50. The van der Waals surface area contributed by atoms with Gasteiger partial charge in [0.1, 0.15) is 5.75 Å². The molecule has 3 atom stereocenters. The number of hydrogen-bond acceptors (Lipinski definition) is 3. The monoisotopic (exact) mass is 343 g/mol. The lowest BCUT2D eigenvalue weighted by Crippen LogP contribution is -2.46. The number of ether oxygens (including phenoxy) is 2. The van der Waals surface area contributed by atoms with Crippen LogP contribution in [-0.4, -0.2) is 19.3 Å². The van der Waals surface area contributed by atoms with Crippen LogP contribution in [0.3, 0.4) is 0 Å². The summed E-state index contributed by atoms with van der Waals surface area (Å²) < 4.78 is 12.3. The molecule has 1 saturated carbocycles. The van der Waals surface area contributed by atoms with Crippen LogP contribution in [0.4, 0.5) is 5.69 Å². The first-order valence-electron chi connectivity index (χ1n) is 10.5. The highest BCUT2D eigenvalue weighted by atomic mass is 16.5. The molecule has 2 aliphatic heterocycles. The van der Waals surface area contributed by atoms with E-state index in [1.807, 2.05) is 0 Å². The van der Waals surface area contributed by atoms with E-state index >= 15 is 0 Å². The van der Waals surface area contributed by atoms with Gasteiger partial charge in [0.15, 0.2) is 0 Å². The summed E-state index contributed by atoms with van der Waals surface area (Å²) in [5, 5.41) is 3.92. The van der Waals surface area contributed by atoms with E-state index in [1.54, 1.807) is 0 Å². The lowest BCUT2D eigenvalue weighted by Gasteiger charge is -2.47. The summed E-state index contributed by atoms with van der Waals surface area (Å²) in [5.74, 6) is 2.44. The molecule has 0 aromatic heterocycles. The summed E-state index contributed by atoms with van der Waals surface area (Å²) in [6.45, 7) is 3.91. The zero-order valence-electron chi connectivity index (χ0n) is 15.6. The van der Waals surface area contributed by atoms with E-state index < -0.39 is 0 Å². The van der Waals surface area contributed by atoms with Gasteiger partial charge in [0, 0.05) is 29.8 Å². The van der Waals surface area contributed by atoms with Crippen molar-refractivity contribution >= 4 is 5.69 Å². The number of rotatable bonds is 5. The Morgan fingerprint density at radius 1 is 1.12 bits per heavy atom. The predicted molar refractivity (Wildman–Crippen MR) is 102 cm³/mol. The van der Waals surface area contributed by atoms with Crippen molar-refractivity contribution in [2.45, 2.75) is 76.9 Å². The molecule has 0 spiro atoms. The van der Waals surface area contributed by atoms with Gasteiger partial charge in [0.2, 0.25) is 0 Å². The van der Waals surface area contributed by atoms with Crippen molar-refractivity contribution in [3.05, 3.63) is 23.8 Å². The van der Waals surface area contributed by atoms with Crippen molar-refractivity contribution in [3.63, 3.8) is 0 Å². The average molecular weight is 344 g/mol. The first kappa shape index (κ1) is 17.2. The largest absolute Gasteiger partial charge is 0.494 e. The first-order chi connectivity index (χ1) is 12.4. The molecule has 3 heteroatoms. The third kappa shape index (κ3) is 3.67. The third-order valence-corrected chi connectivity index (χ3v) is 6.41. The quantitative estimate of drug-likeness (QED) is 0.695. The van der Waals surface area contributed by atoms with Crippen molar-refractivity contribution in [2.75, 3.05) is 18.5 Å². The normalized spacial score (nSPS) is 29.4. The summed E-state index contributed by atoms with van der Waals surface area (Å²) in [7, 11) is 0.